The van der Waals surface area contributed by atoms with Gasteiger partial charge in [0.25, 0.3) is 0 Å². The molecule has 3 rings (SSSR count). The van der Waals surface area contributed by atoms with E-state index >= 15 is 0 Å². The highest BCUT2D eigenvalue weighted by Gasteiger charge is 2.32. The third-order valence-electron chi connectivity index (χ3n) is 6.31. The van der Waals surface area contributed by atoms with Crippen molar-refractivity contribution in [3.8, 4) is 0 Å². The van der Waals surface area contributed by atoms with Crippen LogP contribution in [0.1, 0.15) is 110 Å². The number of hydrogen-bond donors (Lipinski definition) is 0. The van der Waals surface area contributed by atoms with Crippen molar-refractivity contribution in [3.05, 3.63) is 69.8 Å². The van der Waals surface area contributed by atoms with E-state index in [1.807, 2.05) is 31.2 Å². The standard InChI is InChI=1S/C28H34O4/c1-7-15-32-24(29)9-8-14-28(5,6)19-11-13-21-23(17-19)26(31)22-16-18(27(2,3)4)10-12-20(22)25(21)30/h10-13,16-17H,7-9,14-15H2,1-6H3. The minimum absolute atomic E-state index is 0.0958. The van der Waals surface area contributed by atoms with Crippen LogP contribution >= 0.6 is 0 Å². The van der Waals surface area contributed by atoms with Crippen molar-refractivity contribution in [1.82, 2.24) is 0 Å². The van der Waals surface area contributed by atoms with E-state index in [0.29, 0.717) is 41.7 Å². The van der Waals surface area contributed by atoms with Crippen molar-refractivity contribution in [1.29, 1.82) is 0 Å². The number of hydrogen-bond acceptors (Lipinski definition) is 4. The van der Waals surface area contributed by atoms with Crippen molar-refractivity contribution in [2.24, 2.45) is 0 Å². The number of fused-ring (bicyclic) bond motifs is 2. The highest BCUT2D eigenvalue weighted by atomic mass is 16.5. The van der Waals surface area contributed by atoms with Gasteiger partial charge in [0.2, 0.25) is 0 Å². The number of ketones is 2. The maximum atomic E-state index is 13.4. The topological polar surface area (TPSA) is 60.4 Å². The van der Waals surface area contributed by atoms with Crippen molar-refractivity contribution in [2.75, 3.05) is 6.61 Å². The zero-order valence-corrected chi connectivity index (χ0v) is 20.1. The largest absolute Gasteiger partial charge is 0.466 e. The van der Waals surface area contributed by atoms with Gasteiger partial charge in [-0.15, -0.1) is 0 Å². The van der Waals surface area contributed by atoms with Gasteiger partial charge in [0, 0.05) is 28.7 Å². The predicted octanol–water partition coefficient (Wildman–Crippen LogP) is 6.16. The number of benzene rings is 2. The number of carbonyl (C=O) groups is 3. The highest BCUT2D eigenvalue weighted by molar-refractivity contribution is 6.28. The van der Waals surface area contributed by atoms with Crippen molar-refractivity contribution >= 4 is 17.5 Å². The second-order valence-electron chi connectivity index (χ2n) is 10.4. The van der Waals surface area contributed by atoms with Gasteiger partial charge in [-0.1, -0.05) is 53.7 Å². The number of esters is 1. The lowest BCUT2D eigenvalue weighted by Crippen LogP contribution is -2.25. The first-order valence-electron chi connectivity index (χ1n) is 11.5. The molecular formula is C28H34O4. The van der Waals surface area contributed by atoms with E-state index in [4.69, 9.17) is 4.74 Å². The minimum atomic E-state index is -0.239. The Bertz CT molecular complexity index is 1050. The van der Waals surface area contributed by atoms with Crippen LogP contribution in [0.15, 0.2) is 36.4 Å². The molecule has 0 bridgehead atoms. The second-order valence-corrected chi connectivity index (χ2v) is 10.4. The van der Waals surface area contributed by atoms with E-state index in [1.165, 1.54) is 0 Å². The molecule has 0 saturated carbocycles. The quantitative estimate of drug-likeness (QED) is 0.418. The van der Waals surface area contributed by atoms with Crippen molar-refractivity contribution in [2.45, 2.75) is 78.1 Å². The molecule has 0 spiro atoms. The van der Waals surface area contributed by atoms with Gasteiger partial charge in [0.15, 0.2) is 11.6 Å². The molecule has 2 aromatic carbocycles. The zero-order valence-electron chi connectivity index (χ0n) is 20.1. The van der Waals surface area contributed by atoms with E-state index in [-0.39, 0.29) is 28.4 Å². The lowest BCUT2D eigenvalue weighted by Gasteiger charge is -2.28. The lowest BCUT2D eigenvalue weighted by molar-refractivity contribution is -0.143. The minimum Gasteiger partial charge on any atom is -0.466 e. The van der Waals surface area contributed by atoms with Crippen LogP contribution in [0.5, 0.6) is 0 Å². The SMILES string of the molecule is CCCOC(=O)CCCC(C)(C)c1ccc2c(c1)C(=O)c1cc(C(C)(C)C)ccc1C2=O. The van der Waals surface area contributed by atoms with Crippen LogP contribution in [0.4, 0.5) is 0 Å². The molecule has 0 amide bonds. The van der Waals surface area contributed by atoms with Gasteiger partial charge in [-0.05, 0) is 65.5 Å². The summed E-state index contributed by atoms with van der Waals surface area (Å²) >= 11 is 0. The van der Waals surface area contributed by atoms with E-state index in [2.05, 4.69) is 34.6 Å². The van der Waals surface area contributed by atoms with Gasteiger partial charge >= 0.3 is 5.97 Å². The van der Waals surface area contributed by atoms with Crippen LogP contribution in [0.2, 0.25) is 0 Å². The average molecular weight is 435 g/mol. The summed E-state index contributed by atoms with van der Waals surface area (Å²) in [5, 5.41) is 0. The van der Waals surface area contributed by atoms with Crippen LogP contribution in [0, 0.1) is 0 Å². The molecule has 0 aromatic heterocycles. The van der Waals surface area contributed by atoms with Crippen molar-refractivity contribution < 1.29 is 19.1 Å². The summed E-state index contributed by atoms with van der Waals surface area (Å²) in [6.45, 7) is 12.9. The number of ether oxygens (including phenoxy) is 1. The Labute approximate surface area is 191 Å². The Morgan fingerprint density at radius 1 is 0.812 bits per heavy atom. The molecule has 0 unspecified atom stereocenters. The summed E-state index contributed by atoms with van der Waals surface area (Å²) in [5.74, 6) is -0.361. The van der Waals surface area contributed by atoms with Gasteiger partial charge in [-0.25, -0.2) is 0 Å². The Balaban J connectivity index is 1.85. The summed E-state index contributed by atoms with van der Waals surface area (Å²) in [6, 6.07) is 11.2. The third-order valence-corrected chi connectivity index (χ3v) is 6.31. The molecule has 0 radical (unpaired) electrons. The molecule has 0 saturated heterocycles. The van der Waals surface area contributed by atoms with Crippen LogP contribution in [0.3, 0.4) is 0 Å². The summed E-state index contributed by atoms with van der Waals surface area (Å²) in [6.07, 6.45) is 2.69. The molecule has 0 N–H and O–H groups in total. The van der Waals surface area contributed by atoms with Gasteiger partial charge in [-0.3, -0.25) is 14.4 Å². The second kappa shape index (κ2) is 9.01. The maximum Gasteiger partial charge on any atom is 0.305 e. The number of rotatable bonds is 7. The van der Waals surface area contributed by atoms with Crippen LogP contribution < -0.4 is 0 Å². The van der Waals surface area contributed by atoms with E-state index in [9.17, 15) is 14.4 Å². The van der Waals surface area contributed by atoms with Gasteiger partial charge in [-0.2, -0.15) is 0 Å². The van der Waals surface area contributed by atoms with Gasteiger partial charge in [0.1, 0.15) is 0 Å². The van der Waals surface area contributed by atoms with E-state index < -0.39 is 0 Å². The summed E-state index contributed by atoms with van der Waals surface area (Å²) in [7, 11) is 0. The smallest absolute Gasteiger partial charge is 0.305 e. The first-order chi connectivity index (χ1) is 15.0. The fourth-order valence-corrected chi connectivity index (χ4v) is 4.14. The third kappa shape index (κ3) is 4.85. The summed E-state index contributed by atoms with van der Waals surface area (Å²) in [4.78, 5) is 38.3. The van der Waals surface area contributed by atoms with Gasteiger partial charge < -0.3 is 4.74 Å². The molecule has 170 valence electrons. The molecule has 4 nitrogen and oxygen atoms in total. The van der Waals surface area contributed by atoms with Gasteiger partial charge in [0.05, 0.1) is 6.61 Å². The normalized spacial score (nSPS) is 13.6. The lowest BCUT2D eigenvalue weighted by atomic mass is 9.75. The number of carbonyl (C=O) groups excluding carboxylic acids is 3. The molecule has 4 heteroatoms. The molecule has 0 fully saturated rings. The molecular weight excluding hydrogens is 400 g/mol. The van der Waals surface area contributed by atoms with E-state index in [0.717, 1.165) is 24.0 Å². The van der Waals surface area contributed by atoms with E-state index in [1.54, 1.807) is 12.1 Å². The molecule has 1 aliphatic rings. The molecule has 0 heterocycles. The zero-order chi connectivity index (χ0) is 23.7. The molecule has 32 heavy (non-hydrogen) atoms. The first-order valence-corrected chi connectivity index (χ1v) is 11.5. The van der Waals surface area contributed by atoms with Crippen molar-refractivity contribution in [3.63, 3.8) is 0 Å². The Morgan fingerprint density at radius 3 is 1.91 bits per heavy atom. The molecule has 0 atom stereocenters. The predicted molar refractivity (Wildman–Crippen MR) is 127 cm³/mol. The van der Waals surface area contributed by atoms with Crippen LogP contribution in [-0.2, 0) is 20.4 Å². The Morgan fingerprint density at radius 2 is 1.34 bits per heavy atom. The monoisotopic (exact) mass is 434 g/mol. The van der Waals surface area contributed by atoms with Crippen LogP contribution in [-0.4, -0.2) is 24.1 Å². The first kappa shape index (κ1) is 23.9. The summed E-state index contributed by atoms with van der Waals surface area (Å²) in [5.41, 5.74) is 3.59. The maximum absolute atomic E-state index is 13.4. The average Bonchev–Trinajstić information content (AvgIpc) is 2.74. The Hall–Kier alpha value is -2.75. The molecule has 1 aliphatic carbocycles. The fourth-order valence-electron chi connectivity index (χ4n) is 4.14. The molecule has 0 aliphatic heterocycles. The highest BCUT2D eigenvalue weighted by Crippen LogP contribution is 2.35. The molecule has 2 aromatic rings. The fraction of sp³-hybridized carbons (Fsp3) is 0.464. The van der Waals surface area contributed by atoms with Crippen LogP contribution in [0.25, 0.3) is 0 Å². The Kier molecular flexibility index (Phi) is 6.73. The summed E-state index contributed by atoms with van der Waals surface area (Å²) < 4.78 is 5.16.